The molecule has 0 heterocycles. The van der Waals surface area contributed by atoms with Crippen LogP contribution in [0.25, 0.3) is 0 Å². The first-order valence-corrected chi connectivity index (χ1v) is 7.17. The molecule has 17 heavy (non-hydrogen) atoms. The molecule has 0 bridgehead atoms. The normalized spacial score (nSPS) is 29.9. The van der Waals surface area contributed by atoms with Gasteiger partial charge in [-0.15, -0.1) is 0 Å². The van der Waals surface area contributed by atoms with E-state index in [1.165, 1.54) is 12.8 Å². The third-order valence-corrected chi connectivity index (χ3v) is 3.78. The zero-order valence-electron chi connectivity index (χ0n) is 11.7. The van der Waals surface area contributed by atoms with Crippen LogP contribution in [0.15, 0.2) is 0 Å². The number of ether oxygens (including phenoxy) is 1. The molecule has 0 aromatic carbocycles. The molecule has 0 saturated heterocycles. The van der Waals surface area contributed by atoms with Crippen LogP contribution in [-0.2, 0) is 4.74 Å². The molecule has 1 aliphatic rings. The van der Waals surface area contributed by atoms with Crippen LogP contribution in [0.5, 0.6) is 0 Å². The molecule has 2 N–H and O–H groups in total. The lowest BCUT2D eigenvalue weighted by molar-refractivity contribution is -0.0634. The summed E-state index contributed by atoms with van der Waals surface area (Å²) in [7, 11) is 0. The smallest absolute Gasteiger partial charge is 0.0753 e. The highest BCUT2D eigenvalue weighted by Gasteiger charge is 2.33. The number of nitrogens with two attached hydrogens (primary N) is 1. The standard InChI is InChI=1S/C14H27NOS/c1-5-11(7-13(15)17)16-12-6-10(2)8-14(3,4)9-12/h10-12H,5-9H2,1-4H3,(H2,15,17). The van der Waals surface area contributed by atoms with Crippen molar-refractivity contribution in [3.05, 3.63) is 0 Å². The molecule has 1 rings (SSSR count). The van der Waals surface area contributed by atoms with Crippen molar-refractivity contribution < 1.29 is 4.74 Å². The average Bonchev–Trinajstić information content (AvgIpc) is 2.12. The van der Waals surface area contributed by atoms with Crippen molar-refractivity contribution >= 4 is 17.2 Å². The van der Waals surface area contributed by atoms with E-state index in [0.717, 1.165) is 25.2 Å². The molecule has 100 valence electrons. The van der Waals surface area contributed by atoms with Gasteiger partial charge in [-0.05, 0) is 37.0 Å². The molecule has 2 nitrogen and oxygen atoms in total. The molecule has 0 radical (unpaired) electrons. The highest BCUT2D eigenvalue weighted by atomic mass is 32.1. The Morgan fingerprint density at radius 1 is 1.47 bits per heavy atom. The molecule has 0 spiro atoms. The van der Waals surface area contributed by atoms with Crippen LogP contribution < -0.4 is 5.73 Å². The largest absolute Gasteiger partial charge is 0.393 e. The first-order chi connectivity index (χ1) is 7.82. The van der Waals surface area contributed by atoms with Crippen molar-refractivity contribution in [2.24, 2.45) is 17.1 Å². The second-order valence-electron chi connectivity index (χ2n) is 6.37. The third kappa shape index (κ3) is 5.35. The minimum atomic E-state index is 0.207. The Morgan fingerprint density at radius 2 is 2.12 bits per heavy atom. The van der Waals surface area contributed by atoms with Gasteiger partial charge >= 0.3 is 0 Å². The van der Waals surface area contributed by atoms with Gasteiger partial charge in [0, 0.05) is 6.42 Å². The van der Waals surface area contributed by atoms with Crippen molar-refractivity contribution in [3.63, 3.8) is 0 Å². The quantitative estimate of drug-likeness (QED) is 0.763. The molecule has 0 amide bonds. The summed E-state index contributed by atoms with van der Waals surface area (Å²) in [5.74, 6) is 0.756. The summed E-state index contributed by atoms with van der Waals surface area (Å²) in [6.45, 7) is 9.15. The van der Waals surface area contributed by atoms with Gasteiger partial charge in [-0.2, -0.15) is 0 Å². The molecular formula is C14H27NOS. The Kier molecular flexibility index (Phi) is 5.39. The molecule has 3 atom stereocenters. The van der Waals surface area contributed by atoms with E-state index in [9.17, 15) is 0 Å². The summed E-state index contributed by atoms with van der Waals surface area (Å²) in [6, 6.07) is 0. The van der Waals surface area contributed by atoms with Gasteiger partial charge < -0.3 is 10.5 Å². The Morgan fingerprint density at radius 3 is 2.59 bits per heavy atom. The van der Waals surface area contributed by atoms with E-state index in [-0.39, 0.29) is 6.10 Å². The van der Waals surface area contributed by atoms with E-state index in [2.05, 4.69) is 27.7 Å². The van der Waals surface area contributed by atoms with E-state index in [0.29, 0.717) is 16.5 Å². The van der Waals surface area contributed by atoms with Gasteiger partial charge in [-0.1, -0.05) is 39.9 Å². The van der Waals surface area contributed by atoms with Crippen LogP contribution in [0, 0.1) is 11.3 Å². The molecule has 1 saturated carbocycles. The summed E-state index contributed by atoms with van der Waals surface area (Å²) in [4.78, 5) is 0.569. The maximum Gasteiger partial charge on any atom is 0.0753 e. The predicted molar refractivity (Wildman–Crippen MR) is 77.2 cm³/mol. The molecular weight excluding hydrogens is 230 g/mol. The topological polar surface area (TPSA) is 35.2 Å². The van der Waals surface area contributed by atoms with E-state index in [4.69, 9.17) is 22.7 Å². The Balaban J connectivity index is 2.51. The first kappa shape index (κ1) is 14.9. The first-order valence-electron chi connectivity index (χ1n) is 6.76. The SMILES string of the molecule is CCC(CC(N)=S)OC1CC(C)CC(C)(C)C1. The van der Waals surface area contributed by atoms with Gasteiger partial charge in [0.2, 0.25) is 0 Å². The molecule has 3 heteroatoms. The summed E-state index contributed by atoms with van der Waals surface area (Å²) < 4.78 is 6.19. The van der Waals surface area contributed by atoms with Crippen LogP contribution in [0.1, 0.15) is 59.8 Å². The van der Waals surface area contributed by atoms with Crippen molar-refractivity contribution in [1.82, 2.24) is 0 Å². The maximum atomic E-state index is 6.19. The van der Waals surface area contributed by atoms with E-state index in [1.807, 2.05) is 0 Å². The zero-order chi connectivity index (χ0) is 13.1. The highest BCUT2D eigenvalue weighted by Crippen LogP contribution is 2.40. The van der Waals surface area contributed by atoms with Crippen molar-refractivity contribution in [1.29, 1.82) is 0 Å². The van der Waals surface area contributed by atoms with Crippen LogP contribution in [0.4, 0.5) is 0 Å². The fourth-order valence-corrected chi connectivity index (χ4v) is 3.33. The highest BCUT2D eigenvalue weighted by molar-refractivity contribution is 7.80. The minimum absolute atomic E-state index is 0.207. The molecule has 3 unspecified atom stereocenters. The van der Waals surface area contributed by atoms with E-state index in [1.54, 1.807) is 0 Å². The van der Waals surface area contributed by atoms with Gasteiger partial charge in [0.15, 0.2) is 0 Å². The molecule has 1 aliphatic carbocycles. The second-order valence-corrected chi connectivity index (χ2v) is 6.90. The summed E-state index contributed by atoms with van der Waals surface area (Å²) in [5, 5.41) is 0. The number of thiocarbonyl (C=S) groups is 1. The molecule has 1 fully saturated rings. The van der Waals surface area contributed by atoms with Crippen LogP contribution in [-0.4, -0.2) is 17.2 Å². The minimum Gasteiger partial charge on any atom is -0.393 e. The van der Waals surface area contributed by atoms with Crippen LogP contribution in [0.3, 0.4) is 0 Å². The van der Waals surface area contributed by atoms with Crippen LogP contribution >= 0.6 is 12.2 Å². The maximum absolute atomic E-state index is 6.19. The number of hydrogen-bond acceptors (Lipinski definition) is 2. The van der Waals surface area contributed by atoms with Gasteiger partial charge in [0.25, 0.3) is 0 Å². The summed E-state index contributed by atoms with van der Waals surface area (Å²) in [5.41, 5.74) is 6.01. The van der Waals surface area contributed by atoms with Gasteiger partial charge in [-0.25, -0.2) is 0 Å². The van der Waals surface area contributed by atoms with Crippen molar-refractivity contribution in [2.75, 3.05) is 0 Å². The zero-order valence-corrected chi connectivity index (χ0v) is 12.5. The summed E-state index contributed by atoms with van der Waals surface area (Å²) in [6.07, 6.45) is 5.94. The molecule has 0 aromatic heterocycles. The van der Waals surface area contributed by atoms with Crippen LogP contribution in [0.2, 0.25) is 0 Å². The summed E-state index contributed by atoms with van der Waals surface area (Å²) >= 11 is 4.97. The lowest BCUT2D eigenvalue weighted by Gasteiger charge is -2.40. The third-order valence-electron chi connectivity index (χ3n) is 3.62. The second kappa shape index (κ2) is 6.14. The Bertz CT molecular complexity index is 265. The van der Waals surface area contributed by atoms with Crippen molar-refractivity contribution in [2.45, 2.75) is 72.0 Å². The Hall–Kier alpha value is -0.150. The van der Waals surface area contributed by atoms with Crippen molar-refractivity contribution in [3.8, 4) is 0 Å². The lowest BCUT2D eigenvalue weighted by atomic mass is 9.71. The van der Waals surface area contributed by atoms with E-state index < -0.39 is 0 Å². The number of rotatable bonds is 5. The molecule has 0 aromatic rings. The van der Waals surface area contributed by atoms with E-state index >= 15 is 0 Å². The van der Waals surface area contributed by atoms with Gasteiger partial charge in [0.05, 0.1) is 17.2 Å². The van der Waals surface area contributed by atoms with Gasteiger partial charge in [0.1, 0.15) is 0 Å². The molecule has 0 aliphatic heterocycles. The Labute approximate surface area is 111 Å². The predicted octanol–water partition coefficient (Wildman–Crippen LogP) is 3.67. The lowest BCUT2D eigenvalue weighted by Crippen LogP contribution is -2.35. The monoisotopic (exact) mass is 257 g/mol. The average molecular weight is 257 g/mol. The fourth-order valence-electron chi connectivity index (χ4n) is 3.15. The fraction of sp³-hybridized carbons (Fsp3) is 0.929. The van der Waals surface area contributed by atoms with Gasteiger partial charge in [-0.3, -0.25) is 0 Å². The number of hydrogen-bond donors (Lipinski definition) is 1.